The van der Waals surface area contributed by atoms with Crippen LogP contribution in [0.4, 0.5) is 0 Å². The number of likely N-dealkylation sites (tertiary alicyclic amines) is 1. The lowest BCUT2D eigenvalue weighted by Gasteiger charge is -2.37. The molecule has 0 amide bonds. The second kappa shape index (κ2) is 8.25. The summed E-state index contributed by atoms with van der Waals surface area (Å²) in [7, 11) is -2.75. The van der Waals surface area contributed by atoms with Crippen molar-refractivity contribution in [2.45, 2.75) is 12.8 Å². The summed E-state index contributed by atoms with van der Waals surface area (Å²) in [6.45, 7) is 11.1. The van der Waals surface area contributed by atoms with Gasteiger partial charge in [-0.1, -0.05) is 0 Å². The molecular weight excluding hydrogens is 314 g/mol. The van der Waals surface area contributed by atoms with Gasteiger partial charge in [0.05, 0.1) is 24.7 Å². The zero-order valence-corrected chi connectivity index (χ0v) is 15.0. The fraction of sp³-hybridized carbons (Fsp3) is 1.00. The van der Waals surface area contributed by atoms with Gasteiger partial charge in [-0.05, 0) is 31.8 Å². The number of piperidine rings is 1. The molecule has 134 valence electrons. The summed E-state index contributed by atoms with van der Waals surface area (Å²) in [5.41, 5.74) is 0. The van der Waals surface area contributed by atoms with Crippen LogP contribution < -0.4 is 0 Å². The molecule has 0 unspecified atom stereocenters. The highest BCUT2D eigenvalue weighted by Crippen LogP contribution is 2.19. The van der Waals surface area contributed by atoms with Gasteiger partial charge in [0.1, 0.15) is 0 Å². The molecule has 3 saturated heterocycles. The van der Waals surface area contributed by atoms with E-state index in [1.54, 1.807) is 0 Å². The highest BCUT2D eigenvalue weighted by atomic mass is 32.2. The quantitative estimate of drug-likeness (QED) is 0.686. The van der Waals surface area contributed by atoms with E-state index in [1.807, 2.05) is 0 Å². The highest BCUT2D eigenvalue weighted by Gasteiger charge is 2.24. The average molecular weight is 346 g/mol. The van der Waals surface area contributed by atoms with Crippen LogP contribution in [0.25, 0.3) is 0 Å². The first-order valence-electron chi connectivity index (χ1n) is 9.06. The molecule has 0 atom stereocenters. The summed E-state index contributed by atoms with van der Waals surface area (Å²) in [5.74, 6) is 1.52. The number of hydrogen-bond donors (Lipinski definition) is 0. The van der Waals surface area contributed by atoms with Gasteiger partial charge >= 0.3 is 0 Å². The minimum Gasteiger partial charge on any atom is -0.379 e. The molecule has 6 nitrogen and oxygen atoms in total. The molecule has 3 aliphatic heterocycles. The molecular formula is C16H31N3O3S. The maximum Gasteiger partial charge on any atom is 0.152 e. The first-order valence-corrected chi connectivity index (χ1v) is 10.9. The maximum absolute atomic E-state index is 11.5. The fourth-order valence-electron chi connectivity index (χ4n) is 3.80. The number of hydrogen-bond acceptors (Lipinski definition) is 6. The molecule has 23 heavy (non-hydrogen) atoms. The molecule has 0 radical (unpaired) electrons. The Kier molecular flexibility index (Phi) is 6.31. The van der Waals surface area contributed by atoms with E-state index in [1.165, 1.54) is 32.5 Å². The smallest absolute Gasteiger partial charge is 0.152 e. The van der Waals surface area contributed by atoms with Gasteiger partial charge in [0.2, 0.25) is 0 Å². The van der Waals surface area contributed by atoms with E-state index in [0.717, 1.165) is 58.4 Å². The van der Waals surface area contributed by atoms with Gasteiger partial charge in [-0.25, -0.2) is 8.42 Å². The normalized spacial score (nSPS) is 28.9. The Labute approximate surface area is 140 Å². The topological polar surface area (TPSA) is 53.1 Å². The maximum atomic E-state index is 11.5. The monoisotopic (exact) mass is 345 g/mol. The van der Waals surface area contributed by atoms with Crippen LogP contribution in [0.2, 0.25) is 0 Å². The predicted molar refractivity (Wildman–Crippen MR) is 91.5 cm³/mol. The van der Waals surface area contributed by atoms with Gasteiger partial charge in [0, 0.05) is 45.8 Å². The van der Waals surface area contributed by atoms with Crippen LogP contribution >= 0.6 is 0 Å². The average Bonchev–Trinajstić information content (AvgIpc) is 2.56. The van der Waals surface area contributed by atoms with Crippen LogP contribution in [0.15, 0.2) is 0 Å². The number of rotatable bonds is 5. The Morgan fingerprint density at radius 2 is 1.35 bits per heavy atom. The van der Waals surface area contributed by atoms with E-state index in [9.17, 15) is 8.42 Å². The third-order valence-electron chi connectivity index (χ3n) is 5.50. The zero-order chi connectivity index (χ0) is 16.1. The number of ether oxygens (including phenoxy) is 1. The Morgan fingerprint density at radius 1 is 0.783 bits per heavy atom. The van der Waals surface area contributed by atoms with Gasteiger partial charge in [0.25, 0.3) is 0 Å². The number of nitrogens with zero attached hydrogens (tertiary/aromatic N) is 3. The number of morpholine rings is 1. The van der Waals surface area contributed by atoms with E-state index >= 15 is 0 Å². The molecule has 0 N–H and O–H groups in total. The SMILES string of the molecule is O=S1(=O)CCN(CCN2CCC(CN3CCOCC3)CC2)CC1. The second-order valence-electron chi connectivity index (χ2n) is 7.19. The van der Waals surface area contributed by atoms with Crippen LogP contribution in [0, 0.1) is 5.92 Å². The molecule has 0 aliphatic carbocycles. The van der Waals surface area contributed by atoms with E-state index in [0.29, 0.717) is 11.5 Å². The van der Waals surface area contributed by atoms with E-state index in [-0.39, 0.29) is 0 Å². The van der Waals surface area contributed by atoms with Gasteiger partial charge in [-0.3, -0.25) is 4.90 Å². The van der Waals surface area contributed by atoms with Crippen LogP contribution in [-0.2, 0) is 14.6 Å². The third kappa shape index (κ3) is 5.67. The summed E-state index contributed by atoms with van der Waals surface area (Å²) < 4.78 is 28.3. The third-order valence-corrected chi connectivity index (χ3v) is 7.11. The number of sulfone groups is 1. The van der Waals surface area contributed by atoms with Crippen molar-refractivity contribution in [3.05, 3.63) is 0 Å². The molecule has 3 heterocycles. The molecule has 3 rings (SSSR count). The minimum atomic E-state index is -2.75. The van der Waals surface area contributed by atoms with Crippen molar-refractivity contribution >= 4 is 9.84 Å². The Balaban J connectivity index is 1.30. The predicted octanol–water partition coefficient (Wildman–Crippen LogP) is -0.239. The molecule has 7 heteroatoms. The van der Waals surface area contributed by atoms with E-state index in [4.69, 9.17) is 4.74 Å². The summed E-state index contributed by atoms with van der Waals surface area (Å²) in [4.78, 5) is 7.41. The molecule has 3 aliphatic rings. The lowest BCUT2D eigenvalue weighted by Crippen LogP contribution is -2.46. The summed E-state index contributed by atoms with van der Waals surface area (Å²) in [5, 5.41) is 0. The van der Waals surface area contributed by atoms with Gasteiger partial charge < -0.3 is 14.5 Å². The molecule has 0 bridgehead atoms. The lowest BCUT2D eigenvalue weighted by molar-refractivity contribution is 0.0242. The van der Waals surface area contributed by atoms with Crippen LogP contribution in [0.3, 0.4) is 0 Å². The Hall–Kier alpha value is -0.210. The second-order valence-corrected chi connectivity index (χ2v) is 9.50. The van der Waals surface area contributed by atoms with Crippen molar-refractivity contribution in [1.29, 1.82) is 0 Å². The molecule has 0 saturated carbocycles. The standard InChI is InChI=1S/C16H31N3O3S/c20-23(21)13-9-18(10-14-23)6-5-17-3-1-16(2-4-17)15-19-7-11-22-12-8-19/h16H,1-15H2. The van der Waals surface area contributed by atoms with Crippen molar-refractivity contribution in [3.8, 4) is 0 Å². The van der Waals surface area contributed by atoms with E-state index in [2.05, 4.69) is 14.7 Å². The van der Waals surface area contributed by atoms with Crippen LogP contribution in [0.5, 0.6) is 0 Å². The Morgan fingerprint density at radius 3 is 1.96 bits per heavy atom. The molecule has 0 spiro atoms. The minimum absolute atomic E-state index is 0.342. The summed E-state index contributed by atoms with van der Waals surface area (Å²) in [6, 6.07) is 0. The van der Waals surface area contributed by atoms with E-state index < -0.39 is 9.84 Å². The van der Waals surface area contributed by atoms with Gasteiger partial charge in [0.15, 0.2) is 9.84 Å². The summed E-state index contributed by atoms with van der Waals surface area (Å²) in [6.07, 6.45) is 2.59. The largest absolute Gasteiger partial charge is 0.379 e. The van der Waals surface area contributed by atoms with Crippen molar-refractivity contribution < 1.29 is 13.2 Å². The van der Waals surface area contributed by atoms with Gasteiger partial charge in [-0.2, -0.15) is 0 Å². The van der Waals surface area contributed by atoms with Gasteiger partial charge in [-0.15, -0.1) is 0 Å². The summed E-state index contributed by atoms with van der Waals surface area (Å²) >= 11 is 0. The molecule has 0 aromatic carbocycles. The van der Waals surface area contributed by atoms with Crippen LogP contribution in [0.1, 0.15) is 12.8 Å². The molecule has 3 fully saturated rings. The highest BCUT2D eigenvalue weighted by molar-refractivity contribution is 7.91. The zero-order valence-electron chi connectivity index (χ0n) is 14.2. The fourth-order valence-corrected chi connectivity index (χ4v) is 5.08. The first kappa shape index (κ1) is 17.6. The van der Waals surface area contributed by atoms with Crippen molar-refractivity contribution in [2.24, 2.45) is 5.92 Å². The lowest BCUT2D eigenvalue weighted by atomic mass is 9.96. The molecule has 0 aromatic heterocycles. The van der Waals surface area contributed by atoms with Crippen LogP contribution in [-0.4, -0.2) is 107 Å². The van der Waals surface area contributed by atoms with Crippen molar-refractivity contribution in [1.82, 2.24) is 14.7 Å². The van der Waals surface area contributed by atoms with Crippen molar-refractivity contribution in [2.75, 3.05) is 83.6 Å². The first-order chi connectivity index (χ1) is 11.1. The molecule has 0 aromatic rings. The van der Waals surface area contributed by atoms with Crippen molar-refractivity contribution in [3.63, 3.8) is 0 Å². The Bertz CT molecular complexity index is 443.